The van der Waals surface area contributed by atoms with Crippen molar-refractivity contribution in [1.82, 2.24) is 10.2 Å². The van der Waals surface area contributed by atoms with Gasteiger partial charge in [0.05, 0.1) is 6.42 Å². The Morgan fingerprint density at radius 3 is 2.70 bits per heavy atom. The summed E-state index contributed by atoms with van der Waals surface area (Å²) in [5.74, 6) is 1.42. The zero-order valence-corrected chi connectivity index (χ0v) is 15.1. The lowest BCUT2D eigenvalue weighted by Gasteiger charge is -2.18. The molecule has 7 nitrogen and oxygen atoms in total. The molecule has 0 fully saturated rings. The summed E-state index contributed by atoms with van der Waals surface area (Å²) in [6.07, 6.45) is 0.245. The first-order valence-corrected chi connectivity index (χ1v) is 8.68. The maximum absolute atomic E-state index is 12.3. The van der Waals surface area contributed by atoms with Gasteiger partial charge in [0, 0.05) is 5.56 Å². The van der Waals surface area contributed by atoms with Crippen molar-refractivity contribution in [3.8, 4) is 23.0 Å². The van der Waals surface area contributed by atoms with E-state index in [-0.39, 0.29) is 18.3 Å². The SMILES string of the molecule is Cc1ccc(C)c(CC(=O)Nc2nnc(-c3ccc4c(c3)OCCO4)o2)c1. The molecule has 0 spiro atoms. The second-order valence-corrected chi connectivity index (χ2v) is 6.43. The first-order chi connectivity index (χ1) is 13.1. The Labute approximate surface area is 156 Å². The van der Waals surface area contributed by atoms with Crippen LogP contribution in [0.3, 0.4) is 0 Å². The summed E-state index contributed by atoms with van der Waals surface area (Å²) in [6, 6.07) is 11.5. The zero-order valence-electron chi connectivity index (χ0n) is 15.1. The topological polar surface area (TPSA) is 86.5 Å². The van der Waals surface area contributed by atoms with Gasteiger partial charge in [0.15, 0.2) is 11.5 Å². The molecule has 1 N–H and O–H groups in total. The van der Waals surface area contributed by atoms with Gasteiger partial charge in [0.2, 0.25) is 11.8 Å². The van der Waals surface area contributed by atoms with Crippen molar-refractivity contribution in [1.29, 1.82) is 0 Å². The lowest BCUT2D eigenvalue weighted by molar-refractivity contribution is -0.115. The minimum atomic E-state index is -0.207. The van der Waals surface area contributed by atoms with Crippen LogP contribution in [0.15, 0.2) is 40.8 Å². The predicted octanol–water partition coefficient (Wildman–Crippen LogP) is 3.31. The summed E-state index contributed by atoms with van der Waals surface area (Å²) in [7, 11) is 0. The number of hydrogen-bond donors (Lipinski definition) is 1. The van der Waals surface area contributed by atoms with Crippen molar-refractivity contribution in [2.24, 2.45) is 0 Å². The molecular weight excluding hydrogens is 346 g/mol. The zero-order chi connectivity index (χ0) is 18.8. The van der Waals surface area contributed by atoms with Gasteiger partial charge in [0.1, 0.15) is 13.2 Å². The van der Waals surface area contributed by atoms with Gasteiger partial charge in [-0.25, -0.2) is 0 Å². The number of fused-ring (bicyclic) bond motifs is 1. The molecule has 0 atom stereocenters. The van der Waals surface area contributed by atoms with E-state index in [1.807, 2.05) is 38.1 Å². The van der Waals surface area contributed by atoms with Crippen LogP contribution in [0.25, 0.3) is 11.5 Å². The normalized spacial score (nSPS) is 12.7. The van der Waals surface area contributed by atoms with E-state index in [9.17, 15) is 4.79 Å². The number of carbonyl (C=O) groups excluding carboxylic acids is 1. The molecule has 1 aliphatic rings. The summed E-state index contributed by atoms with van der Waals surface area (Å²) < 4.78 is 16.6. The average molecular weight is 365 g/mol. The van der Waals surface area contributed by atoms with Gasteiger partial charge in [-0.15, -0.1) is 5.10 Å². The Bertz CT molecular complexity index is 997. The molecule has 7 heteroatoms. The summed E-state index contributed by atoms with van der Waals surface area (Å²) in [5.41, 5.74) is 3.85. The van der Waals surface area contributed by atoms with Crippen molar-refractivity contribution in [2.75, 3.05) is 18.5 Å². The number of aryl methyl sites for hydroxylation is 2. The molecule has 0 unspecified atom stereocenters. The van der Waals surface area contributed by atoms with E-state index in [1.165, 1.54) is 0 Å². The first-order valence-electron chi connectivity index (χ1n) is 8.68. The number of benzene rings is 2. The highest BCUT2D eigenvalue weighted by atomic mass is 16.6. The number of hydrogen-bond acceptors (Lipinski definition) is 6. The van der Waals surface area contributed by atoms with Crippen LogP contribution in [-0.4, -0.2) is 29.3 Å². The van der Waals surface area contributed by atoms with E-state index in [1.54, 1.807) is 12.1 Å². The second kappa shape index (κ2) is 7.11. The Hall–Kier alpha value is -3.35. The monoisotopic (exact) mass is 365 g/mol. The van der Waals surface area contributed by atoms with Crippen LogP contribution in [0.5, 0.6) is 11.5 Å². The average Bonchev–Trinajstić information content (AvgIpc) is 3.12. The number of rotatable bonds is 4. The van der Waals surface area contributed by atoms with Crippen LogP contribution in [0.1, 0.15) is 16.7 Å². The number of anilines is 1. The molecule has 27 heavy (non-hydrogen) atoms. The number of nitrogens with one attached hydrogen (secondary N) is 1. The van der Waals surface area contributed by atoms with Gasteiger partial charge in [0.25, 0.3) is 0 Å². The summed E-state index contributed by atoms with van der Waals surface area (Å²) in [5, 5.41) is 10.6. The largest absolute Gasteiger partial charge is 0.486 e. The van der Waals surface area contributed by atoms with E-state index < -0.39 is 0 Å². The fourth-order valence-electron chi connectivity index (χ4n) is 2.89. The van der Waals surface area contributed by atoms with Crippen LogP contribution >= 0.6 is 0 Å². The Morgan fingerprint density at radius 1 is 1.04 bits per heavy atom. The Kier molecular flexibility index (Phi) is 4.50. The van der Waals surface area contributed by atoms with Crippen molar-refractivity contribution in [2.45, 2.75) is 20.3 Å². The van der Waals surface area contributed by atoms with Crippen LogP contribution < -0.4 is 14.8 Å². The molecule has 0 bridgehead atoms. The van der Waals surface area contributed by atoms with Crippen molar-refractivity contribution in [3.05, 3.63) is 53.1 Å². The summed E-state index contributed by atoms with van der Waals surface area (Å²) in [6.45, 7) is 5.01. The van der Waals surface area contributed by atoms with Gasteiger partial charge in [-0.1, -0.05) is 28.9 Å². The molecule has 0 radical (unpaired) electrons. The molecule has 0 saturated carbocycles. The molecule has 4 rings (SSSR count). The van der Waals surface area contributed by atoms with Crippen LogP contribution in [0.4, 0.5) is 6.01 Å². The highest BCUT2D eigenvalue weighted by molar-refractivity contribution is 5.90. The number of amides is 1. The molecule has 1 aromatic heterocycles. The van der Waals surface area contributed by atoms with Crippen LogP contribution in [-0.2, 0) is 11.2 Å². The maximum Gasteiger partial charge on any atom is 0.322 e. The van der Waals surface area contributed by atoms with Gasteiger partial charge >= 0.3 is 6.01 Å². The fraction of sp³-hybridized carbons (Fsp3) is 0.250. The smallest absolute Gasteiger partial charge is 0.322 e. The molecule has 0 saturated heterocycles. The standard InChI is InChI=1S/C20H19N3O4/c1-12-3-4-13(2)15(9-12)11-18(24)21-20-23-22-19(27-20)14-5-6-16-17(10-14)26-8-7-25-16/h3-6,9-10H,7-8,11H2,1-2H3,(H,21,23,24). The molecule has 138 valence electrons. The van der Waals surface area contributed by atoms with Gasteiger partial charge in [-0.2, -0.15) is 0 Å². The lowest BCUT2D eigenvalue weighted by Crippen LogP contribution is -2.15. The third-order valence-corrected chi connectivity index (χ3v) is 4.32. The maximum atomic E-state index is 12.3. The highest BCUT2D eigenvalue weighted by Gasteiger charge is 2.16. The lowest BCUT2D eigenvalue weighted by atomic mass is 10.0. The Balaban J connectivity index is 1.46. The fourth-order valence-corrected chi connectivity index (χ4v) is 2.89. The number of carbonyl (C=O) groups is 1. The quantitative estimate of drug-likeness (QED) is 0.763. The van der Waals surface area contributed by atoms with Crippen molar-refractivity contribution in [3.63, 3.8) is 0 Å². The van der Waals surface area contributed by atoms with E-state index in [4.69, 9.17) is 13.9 Å². The molecular formula is C20H19N3O4. The molecule has 2 aromatic carbocycles. The summed E-state index contributed by atoms with van der Waals surface area (Å²) >= 11 is 0. The van der Waals surface area contributed by atoms with Crippen molar-refractivity contribution < 1.29 is 18.7 Å². The molecule has 0 aliphatic carbocycles. The first kappa shape index (κ1) is 17.1. The van der Waals surface area contributed by atoms with Gasteiger partial charge in [-0.05, 0) is 43.2 Å². The summed E-state index contributed by atoms with van der Waals surface area (Å²) in [4.78, 5) is 12.3. The van der Waals surface area contributed by atoms with Crippen molar-refractivity contribution >= 4 is 11.9 Å². The Morgan fingerprint density at radius 2 is 1.85 bits per heavy atom. The number of nitrogens with zero attached hydrogens (tertiary/aromatic N) is 2. The predicted molar refractivity (Wildman–Crippen MR) is 99.0 cm³/mol. The molecule has 1 amide bonds. The van der Waals surface area contributed by atoms with Gasteiger partial charge in [-0.3, -0.25) is 10.1 Å². The van der Waals surface area contributed by atoms with E-state index in [0.29, 0.717) is 36.2 Å². The molecule has 2 heterocycles. The van der Waals surface area contributed by atoms with E-state index in [2.05, 4.69) is 15.5 Å². The van der Waals surface area contributed by atoms with Gasteiger partial charge < -0.3 is 13.9 Å². The molecule has 1 aliphatic heterocycles. The number of aromatic nitrogens is 2. The third kappa shape index (κ3) is 3.76. The molecule has 3 aromatic rings. The minimum absolute atomic E-state index is 0.0650. The number of ether oxygens (including phenoxy) is 2. The highest BCUT2D eigenvalue weighted by Crippen LogP contribution is 2.34. The minimum Gasteiger partial charge on any atom is -0.486 e. The third-order valence-electron chi connectivity index (χ3n) is 4.32. The van der Waals surface area contributed by atoms with Crippen LogP contribution in [0.2, 0.25) is 0 Å². The van der Waals surface area contributed by atoms with E-state index in [0.717, 1.165) is 16.7 Å². The van der Waals surface area contributed by atoms with E-state index >= 15 is 0 Å². The van der Waals surface area contributed by atoms with Crippen LogP contribution in [0, 0.1) is 13.8 Å². The second-order valence-electron chi connectivity index (χ2n) is 6.43.